The maximum Gasteiger partial charge on any atom is 0.313 e. The number of amides is 2. The first kappa shape index (κ1) is 24.9. The van der Waals surface area contributed by atoms with E-state index in [0.29, 0.717) is 11.7 Å². The quantitative estimate of drug-likeness (QED) is 0.108. The molecule has 0 aromatic carbocycles. The molecule has 2 saturated heterocycles. The maximum atomic E-state index is 12.9. The summed E-state index contributed by atoms with van der Waals surface area (Å²) in [5.74, 6) is -1.77. The number of anilines is 1. The van der Waals surface area contributed by atoms with E-state index in [4.69, 9.17) is 10.6 Å². The zero-order valence-electron chi connectivity index (χ0n) is 18.2. The number of aliphatic carboxylic acids is 1. The highest BCUT2D eigenvalue weighted by Crippen LogP contribution is 2.44. The number of hydrogen-bond acceptors (Lipinski definition) is 14. The SMILES string of the molecule is C=CCn1nnnc1SCC1(C(=O)O)CS[C@@H]2C(NC(=O)C(=NOC)c3nsc(N)n3)C(=O)N2C1. The van der Waals surface area contributed by atoms with E-state index in [1.165, 1.54) is 40.2 Å². The predicted octanol–water partition coefficient (Wildman–Crippen LogP) is -1.09. The average Bonchev–Trinajstić information content (AvgIpc) is 3.48. The Balaban J connectivity index is 1.42. The molecule has 4 rings (SSSR count). The highest BCUT2D eigenvalue weighted by Gasteiger charge is 2.57. The van der Waals surface area contributed by atoms with Gasteiger partial charge in [-0.3, -0.25) is 14.4 Å². The second kappa shape index (κ2) is 10.2. The zero-order valence-corrected chi connectivity index (χ0v) is 20.7. The molecular weight excluding hydrogens is 520 g/mol. The Morgan fingerprint density at radius 2 is 2.31 bits per heavy atom. The molecule has 3 atom stereocenters. The topological polar surface area (TPSA) is 204 Å². The van der Waals surface area contributed by atoms with Gasteiger partial charge in [0.2, 0.25) is 22.6 Å². The molecule has 2 aromatic rings. The van der Waals surface area contributed by atoms with E-state index in [1.807, 2.05) is 0 Å². The number of rotatable bonds is 10. The van der Waals surface area contributed by atoms with Crippen LogP contribution in [0, 0.1) is 5.41 Å². The van der Waals surface area contributed by atoms with Crippen molar-refractivity contribution in [3.05, 3.63) is 18.5 Å². The Hall–Kier alpha value is -3.25. The van der Waals surface area contributed by atoms with Gasteiger partial charge < -0.3 is 25.9 Å². The van der Waals surface area contributed by atoms with E-state index < -0.39 is 34.6 Å². The number of carbonyl (C=O) groups is 3. The number of β-lactam (4-membered cyclic amide) rings is 1. The number of tetrazole rings is 1. The zero-order chi connectivity index (χ0) is 25.2. The second-order valence-electron chi connectivity index (χ2n) is 7.50. The van der Waals surface area contributed by atoms with Crippen molar-refractivity contribution >= 4 is 63.7 Å². The number of nitrogens with two attached hydrogens (primary N) is 1. The molecule has 0 saturated carbocycles. The summed E-state index contributed by atoms with van der Waals surface area (Å²) >= 11 is 3.37. The van der Waals surface area contributed by atoms with Gasteiger partial charge in [-0.05, 0) is 10.4 Å². The number of nitrogen functional groups attached to an aromatic ring is 1. The Morgan fingerprint density at radius 3 is 2.97 bits per heavy atom. The molecule has 2 aliphatic rings. The number of aromatic nitrogens is 6. The Morgan fingerprint density at radius 1 is 1.51 bits per heavy atom. The van der Waals surface area contributed by atoms with Gasteiger partial charge in [-0.15, -0.1) is 23.4 Å². The smallest absolute Gasteiger partial charge is 0.313 e. The lowest BCUT2D eigenvalue weighted by atomic mass is 9.89. The number of oxime groups is 1. The fourth-order valence-corrected chi connectivity index (χ4v) is 6.64. The first-order valence-corrected chi connectivity index (χ1v) is 12.8. The van der Waals surface area contributed by atoms with Crippen molar-refractivity contribution in [3.8, 4) is 0 Å². The minimum Gasteiger partial charge on any atom is -0.481 e. The van der Waals surface area contributed by atoms with Crippen molar-refractivity contribution in [2.75, 3.05) is 30.9 Å². The van der Waals surface area contributed by atoms with Crippen LogP contribution in [0.15, 0.2) is 23.0 Å². The molecule has 0 bridgehead atoms. The molecule has 0 radical (unpaired) electrons. The molecular formula is C17H20N10O5S3. The van der Waals surface area contributed by atoms with Gasteiger partial charge in [-0.25, -0.2) is 4.68 Å². The van der Waals surface area contributed by atoms with Crippen molar-refractivity contribution in [2.24, 2.45) is 10.6 Å². The van der Waals surface area contributed by atoms with Gasteiger partial charge in [0, 0.05) is 29.6 Å². The Labute approximate surface area is 210 Å². The number of thioether (sulfide) groups is 2. The van der Waals surface area contributed by atoms with Gasteiger partial charge >= 0.3 is 5.97 Å². The van der Waals surface area contributed by atoms with Crippen LogP contribution in [0.1, 0.15) is 5.82 Å². The van der Waals surface area contributed by atoms with Crippen molar-refractivity contribution < 1.29 is 24.3 Å². The van der Waals surface area contributed by atoms with Crippen LogP contribution in [0.25, 0.3) is 0 Å². The number of carboxylic acid groups (broad SMARTS) is 1. The van der Waals surface area contributed by atoms with E-state index in [0.717, 1.165) is 11.5 Å². The maximum absolute atomic E-state index is 12.9. The molecule has 186 valence electrons. The van der Waals surface area contributed by atoms with Crippen LogP contribution in [0.4, 0.5) is 5.13 Å². The van der Waals surface area contributed by atoms with E-state index in [1.54, 1.807) is 6.08 Å². The number of allylic oxidation sites excluding steroid dienone is 1. The molecule has 2 amide bonds. The van der Waals surface area contributed by atoms with Crippen LogP contribution in [-0.2, 0) is 25.8 Å². The van der Waals surface area contributed by atoms with Crippen LogP contribution in [0.3, 0.4) is 0 Å². The summed E-state index contributed by atoms with van der Waals surface area (Å²) in [4.78, 5) is 48.0. The molecule has 2 unspecified atom stereocenters. The highest BCUT2D eigenvalue weighted by molar-refractivity contribution is 8.00. The van der Waals surface area contributed by atoms with Crippen LogP contribution in [0.5, 0.6) is 0 Å². The summed E-state index contributed by atoms with van der Waals surface area (Å²) in [6.07, 6.45) is 1.63. The molecule has 4 heterocycles. The summed E-state index contributed by atoms with van der Waals surface area (Å²) in [6, 6.07) is -0.857. The fraction of sp³-hybridized carbons (Fsp3) is 0.471. The Bertz CT molecular complexity index is 1180. The molecule has 0 spiro atoms. The Kier molecular flexibility index (Phi) is 7.22. The number of fused-ring (bicyclic) bond motifs is 1. The number of nitrogens with zero attached hydrogens (tertiary/aromatic N) is 8. The lowest BCUT2D eigenvalue weighted by Gasteiger charge is -2.53. The summed E-state index contributed by atoms with van der Waals surface area (Å²) < 4.78 is 5.46. The summed E-state index contributed by atoms with van der Waals surface area (Å²) in [5.41, 5.74) is 4.14. The number of carboxylic acids is 1. The normalized spacial score (nSPS) is 23.9. The fourth-order valence-electron chi connectivity index (χ4n) is 3.46. The number of carbonyl (C=O) groups excluding carboxylic acids is 2. The van der Waals surface area contributed by atoms with Crippen LogP contribution < -0.4 is 11.1 Å². The van der Waals surface area contributed by atoms with E-state index in [9.17, 15) is 19.5 Å². The van der Waals surface area contributed by atoms with Gasteiger partial charge in [0.25, 0.3) is 5.91 Å². The van der Waals surface area contributed by atoms with Gasteiger partial charge in [0.05, 0.1) is 6.54 Å². The largest absolute Gasteiger partial charge is 0.481 e. The first-order valence-electron chi connectivity index (χ1n) is 9.96. The van der Waals surface area contributed by atoms with Gasteiger partial charge in [-0.1, -0.05) is 23.0 Å². The standard InChI is InChI=1S/C17H20N10O5S3/c1-3-4-27-16(21-24-25-27)34-7-17(14(30)31)5-26-12(29)9(13(26)33-6-17)19-11(28)8(22-32-2)10-20-15(18)35-23-10/h3,9,13H,1,4-7H2,2H3,(H,19,28)(H,30,31)(H2,18,20,23)/t9?,13-,17?/m1/s1. The predicted molar refractivity (Wildman–Crippen MR) is 127 cm³/mol. The third kappa shape index (κ3) is 4.80. The molecule has 2 aromatic heterocycles. The van der Waals surface area contributed by atoms with Crippen molar-refractivity contribution in [3.63, 3.8) is 0 Å². The van der Waals surface area contributed by atoms with E-state index in [2.05, 4.69) is 41.9 Å². The van der Waals surface area contributed by atoms with Gasteiger partial charge in [0.1, 0.15) is 23.9 Å². The average molecular weight is 541 g/mol. The minimum atomic E-state index is -1.22. The number of hydrogen-bond donors (Lipinski definition) is 3. The van der Waals surface area contributed by atoms with Crippen molar-refractivity contribution in [1.82, 2.24) is 39.8 Å². The molecule has 4 N–H and O–H groups in total. The van der Waals surface area contributed by atoms with Crippen LogP contribution in [0.2, 0.25) is 0 Å². The molecule has 15 nitrogen and oxygen atoms in total. The first-order chi connectivity index (χ1) is 16.8. The minimum absolute atomic E-state index is 0.00950. The van der Waals surface area contributed by atoms with Crippen molar-refractivity contribution in [2.45, 2.75) is 23.1 Å². The molecule has 0 aliphatic carbocycles. The third-order valence-corrected chi connectivity index (χ3v) is 8.59. The lowest BCUT2D eigenvalue weighted by Crippen LogP contribution is -2.74. The number of nitrogens with one attached hydrogen (secondary N) is 1. The van der Waals surface area contributed by atoms with Crippen molar-refractivity contribution in [1.29, 1.82) is 0 Å². The van der Waals surface area contributed by atoms with Crippen LogP contribution in [-0.4, -0.2) is 99.6 Å². The molecule has 2 aliphatic heterocycles. The lowest BCUT2D eigenvalue weighted by molar-refractivity contribution is -0.157. The molecule has 18 heteroatoms. The van der Waals surface area contributed by atoms with Gasteiger partial charge in [-0.2, -0.15) is 9.36 Å². The summed E-state index contributed by atoms with van der Waals surface area (Å²) in [6.45, 7) is 4.02. The summed E-state index contributed by atoms with van der Waals surface area (Å²) in [7, 11) is 1.26. The molecule has 2 fully saturated rings. The van der Waals surface area contributed by atoms with Crippen LogP contribution >= 0.6 is 35.1 Å². The van der Waals surface area contributed by atoms with E-state index in [-0.39, 0.29) is 34.7 Å². The summed E-state index contributed by atoms with van der Waals surface area (Å²) in [5, 5.41) is 27.9. The third-order valence-electron chi connectivity index (χ3n) is 5.21. The molecule has 35 heavy (non-hydrogen) atoms. The monoisotopic (exact) mass is 540 g/mol. The van der Waals surface area contributed by atoms with E-state index >= 15 is 0 Å². The highest BCUT2D eigenvalue weighted by atomic mass is 32.2. The van der Waals surface area contributed by atoms with Gasteiger partial charge in [0.15, 0.2) is 5.13 Å². The second-order valence-corrected chi connectivity index (χ2v) is 10.3.